The highest BCUT2D eigenvalue weighted by molar-refractivity contribution is 5.49. The van der Waals surface area contributed by atoms with Crippen LogP contribution in [-0.4, -0.2) is 44.2 Å². The van der Waals surface area contributed by atoms with Gasteiger partial charge in [-0.25, -0.2) is 4.39 Å². The molecule has 0 unspecified atom stereocenters. The van der Waals surface area contributed by atoms with Crippen LogP contribution >= 0.6 is 0 Å². The standard InChI is InChI=1S/C16H26FN3/c1-3-5-19-6-8-20(9-7-19)16-11-14(13-18-4-2)10-15(17)12-16/h10-12,18H,3-9,13H2,1-2H3. The minimum Gasteiger partial charge on any atom is -0.369 e. The Labute approximate surface area is 121 Å². The third kappa shape index (κ3) is 4.18. The van der Waals surface area contributed by atoms with Gasteiger partial charge in [0.15, 0.2) is 0 Å². The average Bonchev–Trinajstić information content (AvgIpc) is 2.46. The van der Waals surface area contributed by atoms with E-state index in [9.17, 15) is 4.39 Å². The highest BCUT2D eigenvalue weighted by Gasteiger charge is 2.17. The highest BCUT2D eigenvalue weighted by Crippen LogP contribution is 2.20. The number of piperazine rings is 1. The van der Waals surface area contributed by atoms with Gasteiger partial charge in [-0.3, -0.25) is 4.90 Å². The summed E-state index contributed by atoms with van der Waals surface area (Å²) in [7, 11) is 0. The number of nitrogens with zero attached hydrogens (tertiary/aromatic N) is 2. The quantitative estimate of drug-likeness (QED) is 0.863. The van der Waals surface area contributed by atoms with E-state index in [1.807, 2.05) is 0 Å². The van der Waals surface area contributed by atoms with Crippen LogP contribution in [0.15, 0.2) is 18.2 Å². The Hall–Kier alpha value is -1.13. The third-order valence-electron chi connectivity index (χ3n) is 3.80. The van der Waals surface area contributed by atoms with Gasteiger partial charge >= 0.3 is 0 Å². The van der Waals surface area contributed by atoms with E-state index in [1.165, 1.54) is 13.0 Å². The van der Waals surface area contributed by atoms with E-state index in [0.717, 1.165) is 50.5 Å². The van der Waals surface area contributed by atoms with Gasteiger partial charge in [0.05, 0.1) is 0 Å². The van der Waals surface area contributed by atoms with Crippen molar-refractivity contribution in [2.75, 3.05) is 44.2 Å². The SMILES string of the molecule is CCCN1CCN(c2cc(F)cc(CNCC)c2)CC1. The molecule has 1 aromatic carbocycles. The lowest BCUT2D eigenvalue weighted by Crippen LogP contribution is -2.46. The van der Waals surface area contributed by atoms with Gasteiger partial charge in [0, 0.05) is 38.4 Å². The number of anilines is 1. The first kappa shape index (κ1) is 15.3. The summed E-state index contributed by atoms with van der Waals surface area (Å²) < 4.78 is 13.7. The maximum absolute atomic E-state index is 13.7. The Morgan fingerprint density at radius 3 is 2.50 bits per heavy atom. The summed E-state index contributed by atoms with van der Waals surface area (Å²) in [6.07, 6.45) is 1.20. The van der Waals surface area contributed by atoms with Crippen LogP contribution in [0.25, 0.3) is 0 Å². The van der Waals surface area contributed by atoms with Crippen LogP contribution in [0.5, 0.6) is 0 Å². The number of rotatable bonds is 6. The van der Waals surface area contributed by atoms with Crippen molar-refractivity contribution in [3.8, 4) is 0 Å². The smallest absolute Gasteiger partial charge is 0.125 e. The van der Waals surface area contributed by atoms with E-state index in [4.69, 9.17) is 0 Å². The molecule has 112 valence electrons. The molecule has 1 fully saturated rings. The van der Waals surface area contributed by atoms with Gasteiger partial charge in [0.25, 0.3) is 0 Å². The molecule has 4 heteroatoms. The summed E-state index contributed by atoms with van der Waals surface area (Å²) in [4.78, 5) is 4.78. The zero-order chi connectivity index (χ0) is 14.4. The lowest BCUT2D eigenvalue weighted by Gasteiger charge is -2.36. The maximum atomic E-state index is 13.7. The maximum Gasteiger partial charge on any atom is 0.125 e. The van der Waals surface area contributed by atoms with Crippen LogP contribution in [0, 0.1) is 5.82 Å². The predicted molar refractivity (Wildman–Crippen MR) is 82.7 cm³/mol. The van der Waals surface area contributed by atoms with Crippen LogP contribution in [0.4, 0.5) is 10.1 Å². The lowest BCUT2D eigenvalue weighted by atomic mass is 10.1. The second kappa shape index (κ2) is 7.60. The van der Waals surface area contributed by atoms with Crippen molar-refractivity contribution in [2.24, 2.45) is 0 Å². The molecule has 1 aliphatic rings. The molecule has 0 radical (unpaired) electrons. The van der Waals surface area contributed by atoms with Gasteiger partial charge in [-0.1, -0.05) is 13.8 Å². The van der Waals surface area contributed by atoms with Gasteiger partial charge in [-0.05, 0) is 43.3 Å². The monoisotopic (exact) mass is 279 g/mol. The number of halogens is 1. The summed E-state index contributed by atoms with van der Waals surface area (Å²) in [5.74, 6) is -0.133. The van der Waals surface area contributed by atoms with Crippen molar-refractivity contribution in [3.63, 3.8) is 0 Å². The summed E-state index contributed by atoms with van der Waals surface area (Å²) in [5, 5.41) is 3.25. The molecule has 20 heavy (non-hydrogen) atoms. The largest absolute Gasteiger partial charge is 0.369 e. The molecule has 0 bridgehead atoms. The third-order valence-corrected chi connectivity index (χ3v) is 3.80. The van der Waals surface area contributed by atoms with E-state index in [1.54, 1.807) is 12.1 Å². The Kier molecular flexibility index (Phi) is 5.80. The van der Waals surface area contributed by atoms with E-state index >= 15 is 0 Å². The van der Waals surface area contributed by atoms with Gasteiger partial charge < -0.3 is 10.2 Å². The number of hydrogen-bond donors (Lipinski definition) is 1. The second-order valence-corrected chi connectivity index (χ2v) is 5.43. The van der Waals surface area contributed by atoms with E-state index in [-0.39, 0.29) is 5.82 Å². The molecule has 1 saturated heterocycles. The first-order chi connectivity index (χ1) is 9.72. The fraction of sp³-hybridized carbons (Fsp3) is 0.625. The number of nitrogens with one attached hydrogen (secondary N) is 1. The molecule has 0 aliphatic carbocycles. The molecular weight excluding hydrogens is 253 g/mol. The fourth-order valence-corrected chi connectivity index (χ4v) is 2.73. The minimum atomic E-state index is -0.133. The molecule has 0 aromatic heterocycles. The van der Waals surface area contributed by atoms with Crippen LogP contribution in [0.2, 0.25) is 0 Å². The van der Waals surface area contributed by atoms with Crippen molar-refractivity contribution >= 4 is 5.69 Å². The normalized spacial score (nSPS) is 16.6. The molecule has 0 amide bonds. The van der Waals surface area contributed by atoms with Gasteiger partial charge in [0.1, 0.15) is 5.82 Å². The molecule has 3 nitrogen and oxygen atoms in total. The molecule has 0 spiro atoms. The average molecular weight is 279 g/mol. The topological polar surface area (TPSA) is 18.5 Å². The van der Waals surface area contributed by atoms with E-state index < -0.39 is 0 Å². The summed E-state index contributed by atoms with van der Waals surface area (Å²) in [6, 6.07) is 5.39. The molecule has 2 rings (SSSR count). The van der Waals surface area contributed by atoms with Crippen molar-refractivity contribution in [1.82, 2.24) is 10.2 Å². The van der Waals surface area contributed by atoms with Gasteiger partial charge in [-0.2, -0.15) is 0 Å². The molecular formula is C16H26FN3. The lowest BCUT2D eigenvalue weighted by molar-refractivity contribution is 0.258. The Morgan fingerprint density at radius 1 is 1.10 bits per heavy atom. The molecule has 0 atom stereocenters. The van der Waals surface area contributed by atoms with Crippen molar-refractivity contribution < 1.29 is 4.39 Å². The number of benzene rings is 1. The minimum absolute atomic E-state index is 0.133. The van der Waals surface area contributed by atoms with Crippen LogP contribution in [0.3, 0.4) is 0 Å². The highest BCUT2D eigenvalue weighted by atomic mass is 19.1. The van der Waals surface area contributed by atoms with Crippen molar-refractivity contribution in [3.05, 3.63) is 29.6 Å². The van der Waals surface area contributed by atoms with Crippen LogP contribution in [0.1, 0.15) is 25.8 Å². The molecule has 1 aliphatic heterocycles. The second-order valence-electron chi connectivity index (χ2n) is 5.43. The van der Waals surface area contributed by atoms with Gasteiger partial charge in [0.2, 0.25) is 0 Å². The van der Waals surface area contributed by atoms with Crippen molar-refractivity contribution in [1.29, 1.82) is 0 Å². The van der Waals surface area contributed by atoms with Crippen molar-refractivity contribution in [2.45, 2.75) is 26.8 Å². The Balaban J connectivity index is 2.00. The first-order valence-corrected chi connectivity index (χ1v) is 7.70. The molecule has 1 aromatic rings. The van der Waals surface area contributed by atoms with Crippen LogP contribution in [-0.2, 0) is 6.54 Å². The first-order valence-electron chi connectivity index (χ1n) is 7.70. The number of hydrogen-bond acceptors (Lipinski definition) is 3. The summed E-state index contributed by atoms with van der Waals surface area (Å²) in [5.41, 5.74) is 2.05. The Morgan fingerprint density at radius 2 is 1.85 bits per heavy atom. The van der Waals surface area contributed by atoms with E-state index in [2.05, 4.69) is 35.0 Å². The van der Waals surface area contributed by atoms with E-state index in [0.29, 0.717) is 0 Å². The summed E-state index contributed by atoms with van der Waals surface area (Å²) >= 11 is 0. The molecule has 0 saturated carbocycles. The molecule has 1 N–H and O–H groups in total. The van der Waals surface area contributed by atoms with Crippen LogP contribution < -0.4 is 10.2 Å². The zero-order valence-electron chi connectivity index (χ0n) is 12.7. The zero-order valence-corrected chi connectivity index (χ0v) is 12.7. The van der Waals surface area contributed by atoms with Gasteiger partial charge in [-0.15, -0.1) is 0 Å². The predicted octanol–water partition coefficient (Wildman–Crippen LogP) is 2.47. The molecule has 1 heterocycles. The summed E-state index contributed by atoms with van der Waals surface area (Å²) in [6.45, 7) is 11.2. The Bertz CT molecular complexity index is 414. The fourth-order valence-electron chi connectivity index (χ4n) is 2.73.